The second-order valence-corrected chi connectivity index (χ2v) is 9.21. The molecule has 2 heterocycles. The van der Waals surface area contributed by atoms with Gasteiger partial charge in [-0.05, 0) is 26.7 Å². The molecule has 6 nitrogen and oxygen atoms in total. The van der Waals surface area contributed by atoms with Crippen molar-refractivity contribution in [1.29, 1.82) is 0 Å². The highest BCUT2D eigenvalue weighted by molar-refractivity contribution is 7.88. The monoisotopic (exact) mass is 335 g/mol. The molecule has 1 aliphatic heterocycles. The topological polar surface area (TPSA) is 72.3 Å². The summed E-state index contributed by atoms with van der Waals surface area (Å²) >= 11 is 0. The first-order valence-corrected chi connectivity index (χ1v) is 8.85. The van der Waals surface area contributed by atoms with Crippen molar-refractivity contribution in [2.75, 3.05) is 13.1 Å². The van der Waals surface area contributed by atoms with E-state index < -0.39 is 15.5 Å². The highest BCUT2D eigenvalue weighted by atomic mass is 32.2. The molecule has 0 radical (unpaired) electrons. The highest BCUT2D eigenvalue weighted by Crippen LogP contribution is 2.46. The fourth-order valence-corrected chi connectivity index (χ4v) is 5.06. The third kappa shape index (κ3) is 2.56. The van der Waals surface area contributed by atoms with Crippen LogP contribution in [0.3, 0.4) is 0 Å². The Morgan fingerprint density at radius 2 is 2.13 bits per heavy atom. The molecule has 23 heavy (non-hydrogen) atoms. The molecule has 0 N–H and O–H groups in total. The molecule has 0 bridgehead atoms. The lowest BCUT2D eigenvalue weighted by Gasteiger charge is -2.34. The minimum atomic E-state index is -1.09. The molecule has 1 aliphatic carbocycles. The van der Waals surface area contributed by atoms with Crippen molar-refractivity contribution in [1.82, 2.24) is 14.5 Å². The summed E-state index contributed by atoms with van der Waals surface area (Å²) in [7, 11) is -1.09. The third-order valence-electron chi connectivity index (χ3n) is 4.74. The fourth-order valence-electron chi connectivity index (χ4n) is 3.05. The van der Waals surface area contributed by atoms with Crippen molar-refractivity contribution >= 4 is 23.0 Å². The Morgan fingerprint density at radius 1 is 1.43 bits per heavy atom. The van der Waals surface area contributed by atoms with Gasteiger partial charge in [-0.3, -0.25) is 13.8 Å². The Morgan fingerprint density at radius 3 is 2.70 bits per heavy atom. The number of carbonyl (C=O) groups excluding carboxylic acids is 2. The van der Waals surface area contributed by atoms with Gasteiger partial charge in [0, 0.05) is 30.4 Å². The summed E-state index contributed by atoms with van der Waals surface area (Å²) in [5.74, 6) is 0.141. The van der Waals surface area contributed by atoms with Crippen LogP contribution < -0.4 is 0 Å². The maximum atomic E-state index is 12.9. The van der Waals surface area contributed by atoms with E-state index in [1.165, 1.54) is 6.20 Å². The SMILES string of the molecule is C=CC(C)(C)S(=O)C1(CN2CCn3c(cnc3C=O)C2=O)CC1. The van der Waals surface area contributed by atoms with E-state index in [-0.39, 0.29) is 16.5 Å². The fraction of sp³-hybridized carbons (Fsp3) is 0.562. The Bertz CT molecular complexity index is 703. The summed E-state index contributed by atoms with van der Waals surface area (Å²) < 4.78 is 13.7. The number of rotatable bonds is 6. The molecule has 7 heteroatoms. The molecule has 1 amide bonds. The first-order valence-electron chi connectivity index (χ1n) is 7.70. The number of nitrogens with zero attached hydrogens (tertiary/aromatic N) is 3. The quantitative estimate of drug-likeness (QED) is 0.582. The summed E-state index contributed by atoms with van der Waals surface area (Å²) in [6, 6.07) is 0. The standard InChI is InChI=1S/C16H21N3O3S/c1-4-15(2,3)23(22)16(5-6-16)11-18-7-8-19-12(14(18)21)9-17-13(19)10-20/h4,9-10H,1,5-8,11H2,2-3H3. The number of aldehydes is 1. The predicted octanol–water partition coefficient (Wildman–Crippen LogP) is 1.40. The van der Waals surface area contributed by atoms with Crippen LogP contribution in [0.15, 0.2) is 18.9 Å². The molecule has 2 aliphatic rings. The predicted molar refractivity (Wildman–Crippen MR) is 87.9 cm³/mol. The Balaban J connectivity index is 1.80. The maximum Gasteiger partial charge on any atom is 0.272 e. The van der Waals surface area contributed by atoms with Crippen LogP contribution in [0.2, 0.25) is 0 Å². The lowest BCUT2D eigenvalue weighted by Crippen LogP contribution is -2.48. The van der Waals surface area contributed by atoms with Crippen LogP contribution in [-0.2, 0) is 17.3 Å². The zero-order chi connectivity index (χ0) is 16.8. The molecule has 0 spiro atoms. The first-order chi connectivity index (χ1) is 10.8. The van der Waals surface area contributed by atoms with Crippen molar-refractivity contribution in [2.45, 2.75) is 42.7 Å². The summed E-state index contributed by atoms with van der Waals surface area (Å²) in [6.07, 6.45) is 5.56. The second kappa shape index (κ2) is 5.40. The second-order valence-electron chi connectivity index (χ2n) is 6.76. The van der Waals surface area contributed by atoms with E-state index in [0.717, 1.165) is 12.8 Å². The van der Waals surface area contributed by atoms with Gasteiger partial charge in [0.2, 0.25) is 0 Å². The van der Waals surface area contributed by atoms with Gasteiger partial charge in [-0.2, -0.15) is 0 Å². The third-order valence-corrected chi connectivity index (χ3v) is 7.19. The smallest absolute Gasteiger partial charge is 0.272 e. The summed E-state index contributed by atoms with van der Waals surface area (Å²) in [5.41, 5.74) is 0.433. The van der Waals surface area contributed by atoms with Crippen molar-refractivity contribution in [3.05, 3.63) is 30.4 Å². The molecule has 1 aromatic rings. The van der Waals surface area contributed by atoms with Gasteiger partial charge in [0.05, 0.1) is 15.7 Å². The van der Waals surface area contributed by atoms with E-state index >= 15 is 0 Å². The van der Waals surface area contributed by atoms with Crippen molar-refractivity contribution in [3.8, 4) is 0 Å². The maximum absolute atomic E-state index is 12.9. The molecule has 1 atom stereocenters. The number of fused-ring (bicyclic) bond motifs is 1. The molecular formula is C16H21N3O3S. The van der Waals surface area contributed by atoms with E-state index in [4.69, 9.17) is 0 Å². The number of aromatic nitrogens is 2. The van der Waals surface area contributed by atoms with E-state index in [2.05, 4.69) is 11.6 Å². The zero-order valence-electron chi connectivity index (χ0n) is 13.4. The van der Waals surface area contributed by atoms with Gasteiger partial charge in [-0.25, -0.2) is 4.98 Å². The van der Waals surface area contributed by atoms with E-state index in [1.807, 2.05) is 13.8 Å². The molecular weight excluding hydrogens is 314 g/mol. The minimum Gasteiger partial charge on any atom is -0.334 e. The van der Waals surface area contributed by atoms with Crippen LogP contribution in [0.4, 0.5) is 0 Å². The lowest BCUT2D eigenvalue weighted by atomic mass is 10.2. The number of amides is 1. The highest BCUT2D eigenvalue weighted by Gasteiger charge is 2.54. The van der Waals surface area contributed by atoms with Crippen LogP contribution in [0, 0.1) is 0 Å². The zero-order valence-corrected chi connectivity index (χ0v) is 14.3. The average molecular weight is 335 g/mol. The molecule has 124 valence electrons. The number of hydrogen-bond donors (Lipinski definition) is 0. The summed E-state index contributed by atoms with van der Waals surface area (Å²) in [5, 5.41) is 0. The van der Waals surface area contributed by atoms with Gasteiger partial charge in [0.15, 0.2) is 12.1 Å². The van der Waals surface area contributed by atoms with Crippen LogP contribution in [0.25, 0.3) is 0 Å². The minimum absolute atomic E-state index is 0.142. The van der Waals surface area contributed by atoms with E-state index in [9.17, 15) is 13.8 Å². The van der Waals surface area contributed by atoms with Crippen LogP contribution in [-0.4, -0.2) is 53.4 Å². The molecule has 1 saturated carbocycles. The molecule has 1 unspecified atom stereocenters. The van der Waals surface area contributed by atoms with Crippen LogP contribution in [0.1, 0.15) is 47.8 Å². The Labute approximate surface area is 138 Å². The molecule has 1 aromatic heterocycles. The first kappa shape index (κ1) is 16.1. The van der Waals surface area contributed by atoms with Gasteiger partial charge >= 0.3 is 0 Å². The van der Waals surface area contributed by atoms with E-state index in [1.54, 1.807) is 15.5 Å². The van der Waals surface area contributed by atoms with Crippen LogP contribution >= 0.6 is 0 Å². The Hall–Kier alpha value is -1.76. The van der Waals surface area contributed by atoms with Gasteiger partial charge in [-0.1, -0.05) is 6.08 Å². The molecule has 3 rings (SSSR count). The molecule has 0 saturated heterocycles. The largest absolute Gasteiger partial charge is 0.334 e. The number of carbonyl (C=O) groups is 2. The van der Waals surface area contributed by atoms with Gasteiger partial charge in [0.1, 0.15) is 5.69 Å². The Kier molecular flexibility index (Phi) is 3.78. The lowest BCUT2D eigenvalue weighted by molar-refractivity contribution is 0.0700. The normalized spacial score (nSPS) is 20.8. The van der Waals surface area contributed by atoms with Crippen LogP contribution in [0.5, 0.6) is 0 Å². The summed E-state index contributed by atoms with van der Waals surface area (Å²) in [4.78, 5) is 29.3. The molecule has 0 aromatic carbocycles. The van der Waals surface area contributed by atoms with Gasteiger partial charge in [-0.15, -0.1) is 6.58 Å². The van der Waals surface area contributed by atoms with Gasteiger partial charge < -0.3 is 9.47 Å². The van der Waals surface area contributed by atoms with Crippen molar-refractivity contribution < 1.29 is 13.8 Å². The van der Waals surface area contributed by atoms with Crippen molar-refractivity contribution in [2.24, 2.45) is 0 Å². The molecule has 1 fully saturated rings. The average Bonchev–Trinajstić information content (AvgIpc) is 3.19. The van der Waals surface area contributed by atoms with Gasteiger partial charge in [0.25, 0.3) is 5.91 Å². The van der Waals surface area contributed by atoms with Crippen molar-refractivity contribution in [3.63, 3.8) is 0 Å². The number of hydrogen-bond acceptors (Lipinski definition) is 4. The number of imidazole rings is 1. The summed E-state index contributed by atoms with van der Waals surface area (Å²) in [6.45, 7) is 9.15. The van der Waals surface area contributed by atoms with E-state index in [0.29, 0.717) is 31.6 Å².